The van der Waals surface area contributed by atoms with E-state index in [4.69, 9.17) is 23.2 Å². The summed E-state index contributed by atoms with van der Waals surface area (Å²) >= 11 is 11.9. The monoisotopic (exact) mass is 428 g/mol. The molecule has 0 aromatic heterocycles. The molecule has 0 saturated carbocycles. The first-order valence-corrected chi connectivity index (χ1v) is 9.47. The van der Waals surface area contributed by atoms with Crippen LogP contribution in [-0.4, -0.2) is 59.9 Å². The van der Waals surface area contributed by atoms with Crippen molar-refractivity contribution in [1.82, 2.24) is 9.80 Å². The van der Waals surface area contributed by atoms with Crippen molar-refractivity contribution in [3.63, 3.8) is 0 Å². The van der Waals surface area contributed by atoms with E-state index in [1.165, 1.54) is 16.9 Å². The van der Waals surface area contributed by atoms with Crippen LogP contribution in [0.1, 0.15) is 24.8 Å². The molecule has 1 aromatic rings. The average molecular weight is 429 g/mol. The van der Waals surface area contributed by atoms with Crippen molar-refractivity contribution >= 4 is 41.0 Å². The van der Waals surface area contributed by atoms with E-state index in [1.54, 1.807) is 25.2 Å². The Morgan fingerprint density at radius 1 is 1.25 bits per heavy atom. The molecule has 152 valence electrons. The SMILES string of the molecule is COC(=O)CCCCN1CC(C(=O)N(C)Cc2ccc(Cl)c(Cl)c2)=C(O)C1=O. The van der Waals surface area contributed by atoms with E-state index in [2.05, 4.69) is 4.74 Å². The van der Waals surface area contributed by atoms with Crippen molar-refractivity contribution in [2.24, 2.45) is 0 Å². The highest BCUT2D eigenvalue weighted by atomic mass is 35.5. The fourth-order valence-corrected chi connectivity index (χ4v) is 3.17. The Morgan fingerprint density at radius 3 is 2.61 bits per heavy atom. The van der Waals surface area contributed by atoms with Gasteiger partial charge in [0.15, 0.2) is 5.76 Å². The van der Waals surface area contributed by atoms with Gasteiger partial charge in [0.2, 0.25) is 0 Å². The summed E-state index contributed by atoms with van der Waals surface area (Å²) in [7, 11) is 2.90. The van der Waals surface area contributed by atoms with E-state index < -0.39 is 17.6 Å². The van der Waals surface area contributed by atoms with Gasteiger partial charge in [0, 0.05) is 26.6 Å². The number of aliphatic hydroxyl groups is 1. The number of hydrogen-bond acceptors (Lipinski definition) is 5. The number of rotatable bonds is 8. The van der Waals surface area contributed by atoms with E-state index in [9.17, 15) is 19.5 Å². The number of methoxy groups -OCH3 is 1. The first kappa shape index (κ1) is 22.0. The second kappa shape index (κ2) is 9.80. The standard InChI is InChI=1S/C19H22Cl2N2O5/c1-22(10-12-6-7-14(20)15(21)9-12)18(26)13-11-23(19(27)17(13)25)8-4-3-5-16(24)28-2/h6-7,9,25H,3-5,8,10-11H2,1-2H3. The molecular formula is C19H22Cl2N2O5. The third-order valence-corrected chi connectivity index (χ3v) is 5.16. The number of carbonyl (C=O) groups is 3. The Bertz CT molecular complexity index is 810. The number of ether oxygens (including phenoxy) is 1. The van der Waals surface area contributed by atoms with Crippen molar-refractivity contribution in [2.45, 2.75) is 25.8 Å². The zero-order chi connectivity index (χ0) is 20.8. The lowest BCUT2D eigenvalue weighted by Gasteiger charge is -2.19. The number of carbonyl (C=O) groups excluding carboxylic acids is 3. The van der Waals surface area contributed by atoms with Crippen molar-refractivity contribution in [2.75, 3.05) is 27.2 Å². The maximum absolute atomic E-state index is 12.7. The van der Waals surface area contributed by atoms with Crippen molar-refractivity contribution < 1.29 is 24.2 Å². The van der Waals surface area contributed by atoms with Crippen LogP contribution < -0.4 is 0 Å². The van der Waals surface area contributed by atoms with Crippen LogP contribution in [0, 0.1) is 0 Å². The van der Waals surface area contributed by atoms with Crippen LogP contribution in [0.3, 0.4) is 0 Å². The molecule has 28 heavy (non-hydrogen) atoms. The highest BCUT2D eigenvalue weighted by molar-refractivity contribution is 6.42. The maximum Gasteiger partial charge on any atom is 0.305 e. The third kappa shape index (κ3) is 5.39. The van der Waals surface area contributed by atoms with Crippen LogP contribution in [0.2, 0.25) is 10.0 Å². The molecule has 0 bridgehead atoms. The zero-order valence-electron chi connectivity index (χ0n) is 15.7. The van der Waals surface area contributed by atoms with E-state index in [0.717, 1.165) is 5.56 Å². The summed E-state index contributed by atoms with van der Waals surface area (Å²) in [4.78, 5) is 38.8. The third-order valence-electron chi connectivity index (χ3n) is 4.42. The van der Waals surface area contributed by atoms with Gasteiger partial charge < -0.3 is 19.6 Å². The van der Waals surface area contributed by atoms with Gasteiger partial charge in [-0.15, -0.1) is 0 Å². The number of likely N-dealkylation sites (N-methyl/N-ethyl adjacent to an activating group) is 1. The molecular weight excluding hydrogens is 407 g/mol. The Morgan fingerprint density at radius 2 is 1.96 bits per heavy atom. The summed E-state index contributed by atoms with van der Waals surface area (Å²) in [6.45, 7) is 0.625. The summed E-state index contributed by atoms with van der Waals surface area (Å²) < 4.78 is 4.56. The molecule has 1 N–H and O–H groups in total. The zero-order valence-corrected chi connectivity index (χ0v) is 17.2. The predicted octanol–water partition coefficient (Wildman–Crippen LogP) is 2.95. The topological polar surface area (TPSA) is 87.2 Å². The van der Waals surface area contributed by atoms with E-state index in [1.807, 2.05) is 0 Å². The highest BCUT2D eigenvalue weighted by Gasteiger charge is 2.34. The number of nitrogens with zero attached hydrogens (tertiary/aromatic N) is 2. The van der Waals surface area contributed by atoms with Gasteiger partial charge in [-0.25, -0.2) is 0 Å². The lowest BCUT2D eigenvalue weighted by molar-refractivity contribution is -0.140. The summed E-state index contributed by atoms with van der Waals surface area (Å²) in [5.41, 5.74) is 0.829. The predicted molar refractivity (Wildman–Crippen MR) is 105 cm³/mol. The minimum atomic E-state index is -0.579. The lowest BCUT2D eigenvalue weighted by atomic mass is 10.2. The number of halogens is 2. The second-order valence-corrected chi connectivity index (χ2v) is 7.31. The minimum Gasteiger partial charge on any atom is -0.503 e. The first-order valence-electron chi connectivity index (χ1n) is 8.72. The first-order chi connectivity index (χ1) is 13.2. The number of amides is 2. The van der Waals surface area contributed by atoms with Gasteiger partial charge in [-0.3, -0.25) is 14.4 Å². The van der Waals surface area contributed by atoms with Gasteiger partial charge in [0.25, 0.3) is 11.8 Å². The van der Waals surface area contributed by atoms with Gasteiger partial charge >= 0.3 is 5.97 Å². The minimum absolute atomic E-state index is 0.0352. The van der Waals surface area contributed by atoms with Crippen molar-refractivity contribution in [1.29, 1.82) is 0 Å². The van der Waals surface area contributed by atoms with Crippen LogP contribution in [-0.2, 0) is 25.7 Å². The number of esters is 1. The summed E-state index contributed by atoms with van der Waals surface area (Å²) in [5, 5.41) is 10.9. The molecule has 0 fully saturated rings. The molecule has 0 saturated heterocycles. The smallest absolute Gasteiger partial charge is 0.305 e. The quantitative estimate of drug-likeness (QED) is 0.507. The molecule has 0 aliphatic carbocycles. The molecule has 2 amide bonds. The molecule has 0 radical (unpaired) electrons. The van der Waals surface area contributed by atoms with Crippen LogP contribution >= 0.6 is 23.2 Å². The van der Waals surface area contributed by atoms with Crippen LogP contribution in [0.25, 0.3) is 0 Å². The number of benzene rings is 1. The Hall–Kier alpha value is -2.25. The van der Waals surface area contributed by atoms with E-state index >= 15 is 0 Å². The average Bonchev–Trinajstić information content (AvgIpc) is 2.95. The Balaban J connectivity index is 1.93. The van der Waals surface area contributed by atoms with E-state index in [-0.39, 0.29) is 31.1 Å². The van der Waals surface area contributed by atoms with Crippen LogP contribution in [0.5, 0.6) is 0 Å². The molecule has 2 rings (SSSR count). The molecule has 1 aliphatic rings. The normalized spacial score (nSPS) is 13.9. The summed E-state index contributed by atoms with van der Waals surface area (Å²) in [6.07, 6.45) is 1.38. The number of hydrogen-bond donors (Lipinski definition) is 1. The fourth-order valence-electron chi connectivity index (χ4n) is 2.85. The van der Waals surface area contributed by atoms with Crippen molar-refractivity contribution in [3.05, 3.63) is 45.1 Å². The molecule has 7 nitrogen and oxygen atoms in total. The molecule has 0 atom stereocenters. The Kier molecular flexibility index (Phi) is 7.71. The lowest BCUT2D eigenvalue weighted by Crippen LogP contribution is -2.32. The summed E-state index contributed by atoms with van der Waals surface area (Å²) in [5.74, 6) is -1.86. The van der Waals surface area contributed by atoms with Gasteiger partial charge in [-0.1, -0.05) is 29.3 Å². The molecule has 0 spiro atoms. The number of aliphatic hydroxyl groups excluding tert-OH is 1. The summed E-state index contributed by atoms with van der Waals surface area (Å²) in [6, 6.07) is 5.05. The highest BCUT2D eigenvalue weighted by Crippen LogP contribution is 2.24. The van der Waals surface area contributed by atoms with Gasteiger partial charge in [0.05, 0.1) is 29.3 Å². The number of unbranched alkanes of at least 4 members (excludes halogenated alkanes) is 1. The largest absolute Gasteiger partial charge is 0.503 e. The van der Waals surface area contributed by atoms with Crippen LogP contribution in [0.4, 0.5) is 0 Å². The van der Waals surface area contributed by atoms with Gasteiger partial charge in [-0.05, 0) is 30.5 Å². The molecule has 1 aromatic carbocycles. The van der Waals surface area contributed by atoms with E-state index in [0.29, 0.717) is 29.4 Å². The maximum atomic E-state index is 12.7. The molecule has 1 heterocycles. The Labute approximate surface area is 173 Å². The van der Waals surface area contributed by atoms with Crippen molar-refractivity contribution in [3.8, 4) is 0 Å². The fraction of sp³-hybridized carbons (Fsp3) is 0.421. The molecule has 1 aliphatic heterocycles. The molecule has 0 unspecified atom stereocenters. The van der Waals surface area contributed by atoms with Crippen LogP contribution in [0.15, 0.2) is 29.5 Å². The van der Waals surface area contributed by atoms with Gasteiger partial charge in [-0.2, -0.15) is 0 Å². The molecule has 9 heteroatoms. The van der Waals surface area contributed by atoms with Gasteiger partial charge in [0.1, 0.15) is 0 Å². The second-order valence-electron chi connectivity index (χ2n) is 6.50.